The van der Waals surface area contributed by atoms with Crippen LogP contribution >= 0.6 is 11.8 Å². The van der Waals surface area contributed by atoms with E-state index >= 15 is 0 Å². The molecule has 3 aromatic carbocycles. The number of fused-ring (bicyclic) bond motifs is 1. The molecule has 0 amide bonds. The van der Waals surface area contributed by atoms with Gasteiger partial charge in [0.15, 0.2) is 5.16 Å². The van der Waals surface area contributed by atoms with Crippen LogP contribution in [0.2, 0.25) is 0 Å². The van der Waals surface area contributed by atoms with Crippen molar-refractivity contribution in [2.24, 2.45) is 0 Å². The monoisotopic (exact) mass is 439 g/mol. The smallest absolute Gasteiger partial charge is 0.233 e. The van der Waals surface area contributed by atoms with E-state index in [1.165, 1.54) is 11.8 Å². The molecule has 0 spiro atoms. The van der Waals surface area contributed by atoms with Gasteiger partial charge in [-0.3, -0.25) is 0 Å². The summed E-state index contributed by atoms with van der Waals surface area (Å²) < 4.78 is 0. The van der Waals surface area contributed by atoms with Crippen molar-refractivity contribution in [1.82, 2.24) is 24.9 Å². The molecule has 2 aromatic heterocycles. The van der Waals surface area contributed by atoms with E-state index in [1.807, 2.05) is 86.6 Å². The lowest BCUT2D eigenvalue weighted by Gasteiger charge is -2.10. The summed E-state index contributed by atoms with van der Waals surface area (Å²) in [4.78, 5) is 21.7. The van der Waals surface area contributed by atoms with Gasteiger partial charge in [-0.25, -0.2) is 4.98 Å². The molecule has 2 heterocycles. The number of nitrogens with one attached hydrogen (secondary N) is 3. The van der Waals surface area contributed by atoms with Gasteiger partial charge in [-0.2, -0.15) is 15.0 Å². The normalized spacial score (nSPS) is 10.9. The minimum atomic E-state index is 0.458. The van der Waals surface area contributed by atoms with Crippen molar-refractivity contribution >= 4 is 46.1 Å². The lowest BCUT2D eigenvalue weighted by molar-refractivity contribution is 0.913. The van der Waals surface area contributed by atoms with Crippen molar-refractivity contribution in [2.45, 2.75) is 24.2 Å². The summed E-state index contributed by atoms with van der Waals surface area (Å²) in [5.74, 6) is 0.915. The molecule has 0 bridgehead atoms. The molecule has 7 nitrogen and oxygen atoms in total. The minimum Gasteiger partial charge on any atom is -0.333 e. The minimum absolute atomic E-state index is 0.458. The SMILES string of the molecule is Cc1cccc(Nc2nc(Nc3cccc(C)c3)nc(Sc3nc4ccccc4[nH]3)n2)c1. The van der Waals surface area contributed by atoms with E-state index in [4.69, 9.17) is 0 Å². The molecular formula is C24H21N7S. The number of H-pyrrole nitrogens is 1. The number of aromatic nitrogens is 5. The first-order valence-corrected chi connectivity index (χ1v) is 11.0. The second kappa shape index (κ2) is 8.68. The van der Waals surface area contributed by atoms with Crippen LogP contribution in [0.5, 0.6) is 0 Å². The van der Waals surface area contributed by atoms with E-state index in [-0.39, 0.29) is 0 Å². The zero-order chi connectivity index (χ0) is 21.9. The summed E-state index contributed by atoms with van der Waals surface area (Å²) in [6.45, 7) is 4.10. The van der Waals surface area contributed by atoms with Crippen LogP contribution in [0.25, 0.3) is 11.0 Å². The van der Waals surface area contributed by atoms with Gasteiger partial charge >= 0.3 is 0 Å². The number of imidazole rings is 1. The zero-order valence-corrected chi connectivity index (χ0v) is 18.4. The fourth-order valence-corrected chi connectivity index (χ4v) is 4.02. The highest BCUT2D eigenvalue weighted by atomic mass is 32.2. The summed E-state index contributed by atoms with van der Waals surface area (Å²) in [5.41, 5.74) is 6.01. The Morgan fingerprint density at radius 3 is 1.91 bits per heavy atom. The molecule has 0 atom stereocenters. The third-order valence-electron chi connectivity index (χ3n) is 4.72. The molecule has 32 heavy (non-hydrogen) atoms. The molecule has 0 unspecified atom stereocenters. The summed E-state index contributed by atoms with van der Waals surface area (Å²) in [5, 5.41) is 7.83. The average molecular weight is 440 g/mol. The van der Waals surface area contributed by atoms with Crippen LogP contribution < -0.4 is 10.6 Å². The number of nitrogens with zero attached hydrogens (tertiary/aromatic N) is 4. The van der Waals surface area contributed by atoms with Gasteiger partial charge in [0.1, 0.15) is 0 Å². The number of hydrogen-bond acceptors (Lipinski definition) is 7. The standard InChI is InChI=1S/C24H21N7S/c1-15-7-5-9-17(13-15)25-21-29-22(26-18-10-6-8-16(2)14-18)31-24(30-21)32-23-27-19-11-3-4-12-20(19)28-23/h3-14H,1-2H3,(H,27,28)(H2,25,26,29,30,31). The molecule has 5 rings (SSSR count). The second-order valence-electron chi connectivity index (χ2n) is 7.42. The number of hydrogen-bond donors (Lipinski definition) is 3. The van der Waals surface area contributed by atoms with Crippen LogP contribution in [0.15, 0.2) is 83.1 Å². The maximum absolute atomic E-state index is 4.62. The Balaban J connectivity index is 1.48. The van der Waals surface area contributed by atoms with Gasteiger partial charge in [-0.1, -0.05) is 36.4 Å². The maximum atomic E-state index is 4.62. The van der Waals surface area contributed by atoms with Gasteiger partial charge in [-0.05, 0) is 73.1 Å². The van der Waals surface area contributed by atoms with Crippen molar-refractivity contribution < 1.29 is 0 Å². The Labute approximate surface area is 189 Å². The molecule has 0 fully saturated rings. The Kier molecular flexibility index (Phi) is 5.43. The third kappa shape index (κ3) is 4.70. The van der Waals surface area contributed by atoms with Gasteiger partial charge in [0, 0.05) is 11.4 Å². The summed E-state index contributed by atoms with van der Waals surface area (Å²) in [6, 6.07) is 24.1. The molecule has 158 valence electrons. The fourth-order valence-electron chi connectivity index (χ4n) is 3.28. The van der Waals surface area contributed by atoms with E-state index in [0.29, 0.717) is 17.1 Å². The molecule has 3 N–H and O–H groups in total. The van der Waals surface area contributed by atoms with E-state index in [9.17, 15) is 0 Å². The van der Waals surface area contributed by atoms with E-state index in [1.54, 1.807) is 0 Å². The molecule has 8 heteroatoms. The molecule has 0 aliphatic heterocycles. The maximum Gasteiger partial charge on any atom is 0.233 e. The molecule has 0 aliphatic carbocycles. The third-order valence-corrected chi connectivity index (χ3v) is 5.47. The highest BCUT2D eigenvalue weighted by molar-refractivity contribution is 7.99. The predicted molar refractivity (Wildman–Crippen MR) is 129 cm³/mol. The first-order chi connectivity index (χ1) is 15.6. The molecule has 5 aromatic rings. The summed E-state index contributed by atoms with van der Waals surface area (Å²) in [7, 11) is 0. The predicted octanol–water partition coefficient (Wildman–Crippen LogP) is 6.00. The second-order valence-corrected chi connectivity index (χ2v) is 8.37. The average Bonchev–Trinajstić information content (AvgIpc) is 3.16. The van der Waals surface area contributed by atoms with Crippen LogP contribution in [0.3, 0.4) is 0 Å². The van der Waals surface area contributed by atoms with Crippen LogP contribution in [0, 0.1) is 13.8 Å². The topological polar surface area (TPSA) is 91.4 Å². The highest BCUT2D eigenvalue weighted by Gasteiger charge is 2.12. The Hall–Kier alpha value is -3.91. The zero-order valence-electron chi connectivity index (χ0n) is 17.6. The number of rotatable bonds is 6. The van der Waals surface area contributed by atoms with Crippen LogP contribution in [0.4, 0.5) is 23.3 Å². The van der Waals surface area contributed by atoms with E-state index in [0.717, 1.165) is 38.7 Å². The quantitative estimate of drug-likeness (QED) is 0.299. The van der Waals surface area contributed by atoms with Gasteiger partial charge in [0.05, 0.1) is 11.0 Å². The van der Waals surface area contributed by atoms with Gasteiger partial charge in [-0.15, -0.1) is 0 Å². The summed E-state index contributed by atoms with van der Waals surface area (Å²) in [6.07, 6.45) is 0. The fraction of sp³-hybridized carbons (Fsp3) is 0.0833. The van der Waals surface area contributed by atoms with Gasteiger partial charge in [0.25, 0.3) is 0 Å². The van der Waals surface area contributed by atoms with Crippen LogP contribution in [-0.4, -0.2) is 24.9 Å². The molecule has 0 saturated carbocycles. The molecule has 0 saturated heterocycles. The largest absolute Gasteiger partial charge is 0.333 e. The number of benzene rings is 3. The van der Waals surface area contributed by atoms with Crippen LogP contribution in [0.1, 0.15) is 11.1 Å². The van der Waals surface area contributed by atoms with Crippen molar-refractivity contribution in [3.8, 4) is 0 Å². The first-order valence-electron chi connectivity index (χ1n) is 10.2. The number of para-hydroxylation sites is 2. The van der Waals surface area contributed by atoms with E-state index < -0.39 is 0 Å². The number of aromatic amines is 1. The lowest BCUT2D eigenvalue weighted by Crippen LogP contribution is -2.05. The molecule has 0 aliphatic rings. The van der Waals surface area contributed by atoms with Crippen molar-refractivity contribution in [1.29, 1.82) is 0 Å². The van der Waals surface area contributed by atoms with E-state index in [2.05, 4.69) is 35.6 Å². The number of anilines is 4. The first kappa shape index (κ1) is 20.0. The Morgan fingerprint density at radius 1 is 0.688 bits per heavy atom. The summed E-state index contributed by atoms with van der Waals surface area (Å²) >= 11 is 1.36. The number of aryl methyl sites for hydroxylation is 2. The highest BCUT2D eigenvalue weighted by Crippen LogP contribution is 2.27. The van der Waals surface area contributed by atoms with Crippen LogP contribution in [-0.2, 0) is 0 Å². The molecular weight excluding hydrogens is 418 g/mol. The Morgan fingerprint density at radius 2 is 1.31 bits per heavy atom. The van der Waals surface area contributed by atoms with Crippen molar-refractivity contribution in [3.05, 3.63) is 83.9 Å². The van der Waals surface area contributed by atoms with Crippen molar-refractivity contribution in [3.63, 3.8) is 0 Å². The van der Waals surface area contributed by atoms with Crippen molar-refractivity contribution in [2.75, 3.05) is 10.6 Å². The van der Waals surface area contributed by atoms with Gasteiger partial charge < -0.3 is 15.6 Å². The van der Waals surface area contributed by atoms with Gasteiger partial charge in [0.2, 0.25) is 17.1 Å². The molecule has 0 radical (unpaired) electrons. The Bertz CT molecular complexity index is 1300. The lowest BCUT2D eigenvalue weighted by atomic mass is 10.2.